The van der Waals surface area contributed by atoms with Crippen molar-refractivity contribution in [3.05, 3.63) is 76.6 Å². The monoisotopic (exact) mass is 375 g/mol. The molecule has 1 aliphatic rings. The van der Waals surface area contributed by atoms with Gasteiger partial charge in [-0.1, -0.05) is 29.8 Å². The van der Waals surface area contributed by atoms with Crippen molar-refractivity contribution in [1.82, 2.24) is 9.78 Å². The molecule has 0 unspecified atom stereocenters. The molecule has 1 heterocycles. The van der Waals surface area contributed by atoms with Crippen LogP contribution in [0.25, 0.3) is 5.69 Å². The molecule has 0 saturated heterocycles. The van der Waals surface area contributed by atoms with E-state index in [2.05, 4.69) is 10.4 Å². The van der Waals surface area contributed by atoms with Crippen LogP contribution in [0, 0.1) is 6.92 Å². The average Bonchev–Trinajstić information content (AvgIpc) is 3.26. The molecule has 6 nitrogen and oxygen atoms in total. The predicted molar refractivity (Wildman–Crippen MR) is 106 cm³/mol. The fraction of sp³-hybridized carbons (Fsp3) is 0.227. The predicted octanol–water partition coefficient (Wildman–Crippen LogP) is 3.55. The number of carbonyl (C=O) groups excluding carboxylic acids is 1. The summed E-state index contributed by atoms with van der Waals surface area (Å²) in [7, 11) is 0. The molecule has 2 N–H and O–H groups in total. The number of carboxylic acid groups (broad SMARTS) is 1. The number of fused-ring (bicyclic) bond motifs is 1. The number of anilines is 1. The number of aryl methyl sites for hydroxylation is 1. The van der Waals surface area contributed by atoms with Crippen molar-refractivity contribution >= 4 is 17.6 Å². The maximum atomic E-state index is 12.9. The largest absolute Gasteiger partial charge is 0.481 e. The maximum absolute atomic E-state index is 12.9. The molecule has 142 valence electrons. The van der Waals surface area contributed by atoms with Crippen molar-refractivity contribution in [2.75, 3.05) is 5.32 Å². The average molecular weight is 375 g/mol. The van der Waals surface area contributed by atoms with E-state index in [9.17, 15) is 9.59 Å². The van der Waals surface area contributed by atoms with Gasteiger partial charge >= 0.3 is 5.97 Å². The second kappa shape index (κ2) is 7.31. The molecule has 0 radical (unpaired) electrons. The van der Waals surface area contributed by atoms with E-state index in [0.717, 1.165) is 36.2 Å². The topological polar surface area (TPSA) is 84.2 Å². The van der Waals surface area contributed by atoms with Gasteiger partial charge in [-0.15, -0.1) is 0 Å². The minimum absolute atomic E-state index is 0.0390. The zero-order chi connectivity index (χ0) is 19.7. The second-order valence-corrected chi connectivity index (χ2v) is 7.10. The zero-order valence-electron chi connectivity index (χ0n) is 15.6. The van der Waals surface area contributed by atoms with Crippen LogP contribution >= 0.6 is 0 Å². The molecule has 1 aliphatic carbocycles. The molecule has 3 aromatic rings. The molecule has 0 fully saturated rings. The Hall–Kier alpha value is -3.41. The number of nitrogens with one attached hydrogen (secondary N) is 1. The van der Waals surface area contributed by atoms with E-state index in [4.69, 9.17) is 5.11 Å². The quantitative estimate of drug-likeness (QED) is 0.714. The lowest BCUT2D eigenvalue weighted by atomic mass is 10.1. The first-order valence-electron chi connectivity index (χ1n) is 9.31. The highest BCUT2D eigenvalue weighted by Crippen LogP contribution is 2.28. The van der Waals surface area contributed by atoms with E-state index >= 15 is 0 Å². The molecular formula is C22H21N3O3. The van der Waals surface area contributed by atoms with Crippen molar-refractivity contribution in [2.45, 2.75) is 32.6 Å². The van der Waals surface area contributed by atoms with Gasteiger partial charge in [0.25, 0.3) is 5.91 Å². The molecule has 28 heavy (non-hydrogen) atoms. The first kappa shape index (κ1) is 18.0. The third-order valence-corrected chi connectivity index (χ3v) is 4.99. The molecule has 1 aromatic heterocycles. The van der Waals surface area contributed by atoms with Gasteiger partial charge in [-0.3, -0.25) is 9.59 Å². The highest BCUT2D eigenvalue weighted by atomic mass is 16.4. The van der Waals surface area contributed by atoms with Crippen molar-refractivity contribution in [1.29, 1.82) is 0 Å². The van der Waals surface area contributed by atoms with Crippen LogP contribution in [0.2, 0.25) is 0 Å². The standard InChI is InChI=1S/C22H21N3O3/c1-14-5-11-17(12-6-14)25-19-4-2-3-18(19)21(24-25)22(28)23-16-9-7-15(8-10-16)13-20(26)27/h5-12H,2-4,13H2,1H3,(H,23,28)(H,26,27). The molecule has 6 heteroatoms. The summed E-state index contributed by atoms with van der Waals surface area (Å²) in [6.45, 7) is 2.04. The van der Waals surface area contributed by atoms with Crippen molar-refractivity contribution in [3.8, 4) is 5.69 Å². The zero-order valence-corrected chi connectivity index (χ0v) is 15.6. The third kappa shape index (κ3) is 3.53. The number of amides is 1. The lowest BCUT2D eigenvalue weighted by Gasteiger charge is -2.06. The Morgan fingerprint density at radius 3 is 2.46 bits per heavy atom. The van der Waals surface area contributed by atoms with Gasteiger partial charge in [0.15, 0.2) is 5.69 Å². The fourth-order valence-electron chi connectivity index (χ4n) is 3.59. The molecule has 2 aromatic carbocycles. The number of carboxylic acids is 1. The molecule has 1 amide bonds. The van der Waals surface area contributed by atoms with Gasteiger partial charge in [0.2, 0.25) is 0 Å². The van der Waals surface area contributed by atoms with E-state index in [1.165, 1.54) is 5.56 Å². The third-order valence-electron chi connectivity index (χ3n) is 4.99. The van der Waals surface area contributed by atoms with Crippen LogP contribution in [0.3, 0.4) is 0 Å². The normalized spacial score (nSPS) is 12.6. The molecule has 0 saturated carbocycles. The van der Waals surface area contributed by atoms with Crippen molar-refractivity contribution in [3.63, 3.8) is 0 Å². The van der Waals surface area contributed by atoms with Gasteiger partial charge in [-0.05, 0) is 56.0 Å². The van der Waals surface area contributed by atoms with Crippen LogP contribution in [0.1, 0.15) is 39.3 Å². The summed E-state index contributed by atoms with van der Waals surface area (Å²) < 4.78 is 1.88. The summed E-state index contributed by atoms with van der Waals surface area (Å²) in [6, 6.07) is 15.0. The molecule has 0 aliphatic heterocycles. The van der Waals surface area contributed by atoms with Gasteiger partial charge in [-0.25, -0.2) is 4.68 Å². The Bertz CT molecular complexity index is 1030. The summed E-state index contributed by atoms with van der Waals surface area (Å²) in [4.78, 5) is 23.6. The van der Waals surface area contributed by atoms with E-state index in [1.54, 1.807) is 24.3 Å². The molecular weight excluding hydrogens is 354 g/mol. The van der Waals surface area contributed by atoms with Crippen LogP contribution in [-0.4, -0.2) is 26.8 Å². The minimum Gasteiger partial charge on any atom is -0.481 e. The number of carbonyl (C=O) groups is 2. The summed E-state index contributed by atoms with van der Waals surface area (Å²) in [5, 5.41) is 16.3. The number of hydrogen-bond acceptors (Lipinski definition) is 3. The first-order chi connectivity index (χ1) is 13.5. The highest BCUT2D eigenvalue weighted by Gasteiger charge is 2.27. The summed E-state index contributed by atoms with van der Waals surface area (Å²) in [5.41, 5.74) is 6.03. The Balaban J connectivity index is 1.59. The smallest absolute Gasteiger partial charge is 0.307 e. The number of nitrogens with zero attached hydrogens (tertiary/aromatic N) is 2. The minimum atomic E-state index is -0.881. The van der Waals surface area contributed by atoms with Crippen LogP contribution in [-0.2, 0) is 24.1 Å². The van der Waals surface area contributed by atoms with E-state index in [-0.39, 0.29) is 12.3 Å². The Morgan fingerprint density at radius 1 is 1.07 bits per heavy atom. The number of benzene rings is 2. The molecule has 0 spiro atoms. The maximum Gasteiger partial charge on any atom is 0.307 e. The molecule has 0 atom stereocenters. The second-order valence-electron chi connectivity index (χ2n) is 7.10. The summed E-state index contributed by atoms with van der Waals surface area (Å²) >= 11 is 0. The number of aromatic nitrogens is 2. The first-order valence-corrected chi connectivity index (χ1v) is 9.31. The van der Waals surface area contributed by atoms with Gasteiger partial charge in [0.05, 0.1) is 12.1 Å². The van der Waals surface area contributed by atoms with Gasteiger partial charge in [0, 0.05) is 16.9 Å². The van der Waals surface area contributed by atoms with Crippen molar-refractivity contribution in [2.24, 2.45) is 0 Å². The van der Waals surface area contributed by atoms with Crippen LogP contribution < -0.4 is 5.32 Å². The Kier molecular flexibility index (Phi) is 4.69. The summed E-state index contributed by atoms with van der Waals surface area (Å²) in [6.07, 6.45) is 2.74. The Morgan fingerprint density at radius 2 is 1.79 bits per heavy atom. The number of hydrogen-bond donors (Lipinski definition) is 2. The van der Waals surface area contributed by atoms with E-state index < -0.39 is 5.97 Å². The fourth-order valence-corrected chi connectivity index (χ4v) is 3.59. The lowest BCUT2D eigenvalue weighted by molar-refractivity contribution is -0.136. The number of rotatable bonds is 5. The summed E-state index contributed by atoms with van der Waals surface area (Å²) in [5.74, 6) is -1.12. The van der Waals surface area contributed by atoms with Crippen LogP contribution in [0.15, 0.2) is 48.5 Å². The van der Waals surface area contributed by atoms with Crippen molar-refractivity contribution < 1.29 is 14.7 Å². The van der Waals surface area contributed by atoms with Gasteiger partial charge < -0.3 is 10.4 Å². The van der Waals surface area contributed by atoms with Gasteiger partial charge in [0.1, 0.15) is 0 Å². The Labute approximate surface area is 162 Å². The lowest BCUT2D eigenvalue weighted by Crippen LogP contribution is -2.15. The van der Waals surface area contributed by atoms with Gasteiger partial charge in [-0.2, -0.15) is 5.10 Å². The highest BCUT2D eigenvalue weighted by molar-refractivity contribution is 6.04. The van der Waals surface area contributed by atoms with E-state index in [1.807, 2.05) is 35.9 Å². The number of aliphatic carboxylic acids is 1. The molecule has 4 rings (SSSR count). The SMILES string of the molecule is Cc1ccc(-n2nc(C(=O)Nc3ccc(CC(=O)O)cc3)c3c2CCC3)cc1. The van der Waals surface area contributed by atoms with Crippen LogP contribution in [0.4, 0.5) is 5.69 Å². The molecule has 0 bridgehead atoms. The van der Waals surface area contributed by atoms with E-state index in [0.29, 0.717) is 16.9 Å². The van der Waals surface area contributed by atoms with Crippen LogP contribution in [0.5, 0.6) is 0 Å².